The monoisotopic (exact) mass is 444 g/mol. The molecule has 2 aromatic carbocycles. The first kappa shape index (κ1) is 22.9. The van der Waals surface area contributed by atoms with Gasteiger partial charge in [-0.05, 0) is 17.7 Å². The lowest BCUT2D eigenvalue weighted by Crippen LogP contribution is -2.45. The van der Waals surface area contributed by atoms with Gasteiger partial charge in [-0.2, -0.15) is 0 Å². The van der Waals surface area contributed by atoms with Crippen molar-refractivity contribution in [2.24, 2.45) is 0 Å². The summed E-state index contributed by atoms with van der Waals surface area (Å²) in [7, 11) is -1.46. The lowest BCUT2D eigenvalue weighted by atomic mass is 10.1. The highest BCUT2D eigenvalue weighted by molar-refractivity contribution is 7.65. The van der Waals surface area contributed by atoms with Crippen molar-refractivity contribution in [2.45, 2.75) is 0 Å². The van der Waals surface area contributed by atoms with Crippen molar-refractivity contribution in [1.29, 1.82) is 0 Å². The molecule has 3 rings (SSSR count). The molecule has 0 bridgehead atoms. The Bertz CT molecular complexity index is 980. The minimum absolute atomic E-state index is 0.00104. The fraction of sp³-hybridized carbons (Fsp3) is 0.273. The van der Waals surface area contributed by atoms with E-state index in [-0.39, 0.29) is 11.0 Å². The van der Waals surface area contributed by atoms with Crippen LogP contribution < -0.4 is 5.32 Å². The van der Waals surface area contributed by atoms with E-state index in [0.29, 0.717) is 37.4 Å². The lowest BCUT2D eigenvalue weighted by Gasteiger charge is -2.29. The zero-order valence-corrected chi connectivity index (χ0v) is 18.3. The maximum Gasteiger partial charge on any atom is 0.363 e. The summed E-state index contributed by atoms with van der Waals surface area (Å²) in [6.45, 7) is 1.43. The smallest absolute Gasteiger partial charge is 0.363 e. The molecule has 164 valence electrons. The molecule has 0 radical (unpaired) electrons. The Morgan fingerprint density at radius 2 is 1.42 bits per heavy atom. The van der Waals surface area contributed by atoms with E-state index in [2.05, 4.69) is 5.32 Å². The molecule has 0 saturated carbocycles. The number of nitrogens with one attached hydrogen (secondary N) is 1. The minimum atomic E-state index is -3.94. The number of carbonyl (C=O) groups is 2. The zero-order valence-electron chi connectivity index (χ0n) is 17.4. The van der Waals surface area contributed by atoms with Crippen LogP contribution in [0.4, 0.5) is 0 Å². The first-order valence-electron chi connectivity index (χ1n) is 9.75. The van der Waals surface area contributed by atoms with Gasteiger partial charge in [-0.3, -0.25) is 14.2 Å². The van der Waals surface area contributed by atoms with Crippen LogP contribution in [0, 0.1) is 0 Å². The summed E-state index contributed by atoms with van der Waals surface area (Å²) < 4.78 is 29.4. The average Bonchev–Trinajstić information content (AvgIpc) is 2.84. The molecule has 31 heavy (non-hydrogen) atoms. The molecule has 1 fully saturated rings. The normalized spacial score (nSPS) is 15.2. The maximum atomic E-state index is 13.5. The van der Waals surface area contributed by atoms with Crippen molar-refractivity contribution >= 4 is 24.7 Å². The van der Waals surface area contributed by atoms with Crippen LogP contribution in [-0.2, 0) is 23.1 Å². The number of morpholine rings is 1. The van der Waals surface area contributed by atoms with Gasteiger partial charge in [0.2, 0.25) is 0 Å². The molecular formula is C22H25N2O6P. The topological polar surface area (TPSA) is 94.2 Å². The quantitative estimate of drug-likeness (QED) is 0.521. The predicted octanol–water partition coefficient (Wildman–Crippen LogP) is 3.13. The van der Waals surface area contributed by atoms with Gasteiger partial charge in [0.25, 0.3) is 11.8 Å². The van der Waals surface area contributed by atoms with E-state index in [1.165, 1.54) is 14.2 Å². The molecule has 1 saturated heterocycles. The third-order valence-electron chi connectivity index (χ3n) is 4.83. The van der Waals surface area contributed by atoms with Gasteiger partial charge in [0, 0.05) is 32.9 Å². The van der Waals surface area contributed by atoms with Crippen LogP contribution in [0.25, 0.3) is 5.31 Å². The Labute approximate surface area is 181 Å². The Balaban J connectivity index is 2.18. The summed E-state index contributed by atoms with van der Waals surface area (Å²) in [6.07, 6.45) is 0. The third kappa shape index (κ3) is 5.29. The summed E-state index contributed by atoms with van der Waals surface area (Å²) in [5.41, 5.74) is 0.653. The molecule has 1 aliphatic rings. The Kier molecular flexibility index (Phi) is 7.76. The first-order valence-corrected chi connectivity index (χ1v) is 11.3. The van der Waals surface area contributed by atoms with Gasteiger partial charge in [0.05, 0.1) is 13.2 Å². The largest absolute Gasteiger partial charge is 0.378 e. The van der Waals surface area contributed by atoms with E-state index in [1.54, 1.807) is 65.6 Å². The van der Waals surface area contributed by atoms with Gasteiger partial charge < -0.3 is 24.0 Å². The molecule has 0 aliphatic carbocycles. The van der Waals surface area contributed by atoms with Crippen LogP contribution in [0.2, 0.25) is 0 Å². The Morgan fingerprint density at radius 1 is 0.903 bits per heavy atom. The lowest BCUT2D eigenvalue weighted by molar-refractivity contribution is -0.131. The number of rotatable bonds is 7. The van der Waals surface area contributed by atoms with Crippen LogP contribution in [0.5, 0.6) is 0 Å². The van der Waals surface area contributed by atoms with Crippen LogP contribution in [-0.4, -0.2) is 57.2 Å². The highest BCUT2D eigenvalue weighted by Gasteiger charge is 2.37. The van der Waals surface area contributed by atoms with Gasteiger partial charge in [0.1, 0.15) is 11.0 Å². The second kappa shape index (κ2) is 10.5. The van der Waals surface area contributed by atoms with E-state index in [1.807, 2.05) is 0 Å². The van der Waals surface area contributed by atoms with Gasteiger partial charge in [-0.15, -0.1) is 0 Å². The maximum absolute atomic E-state index is 13.5. The number of benzene rings is 2. The molecule has 0 spiro atoms. The first-order chi connectivity index (χ1) is 15.0. The van der Waals surface area contributed by atoms with Crippen LogP contribution in [0.15, 0.2) is 66.4 Å². The second-order valence-corrected chi connectivity index (χ2v) is 8.85. The highest BCUT2D eigenvalue weighted by atomic mass is 31.2. The van der Waals surface area contributed by atoms with E-state index in [4.69, 9.17) is 13.8 Å². The van der Waals surface area contributed by atoms with Gasteiger partial charge in [0.15, 0.2) is 0 Å². The number of ether oxygens (including phenoxy) is 1. The summed E-state index contributed by atoms with van der Waals surface area (Å²) in [5, 5.41) is 2.68. The predicted molar refractivity (Wildman–Crippen MR) is 116 cm³/mol. The summed E-state index contributed by atoms with van der Waals surface area (Å²) >= 11 is 0. The SMILES string of the molecule is COP(=O)(OC)C(=C(NC(=O)c1ccccc1)C(=O)N1CCOCC1)c1ccccc1. The zero-order chi connectivity index (χ0) is 22.3. The Hall–Kier alpha value is -2.77. The minimum Gasteiger partial charge on any atom is -0.378 e. The summed E-state index contributed by atoms with van der Waals surface area (Å²) in [4.78, 5) is 28.0. The summed E-state index contributed by atoms with van der Waals surface area (Å²) in [6, 6.07) is 17.1. The van der Waals surface area contributed by atoms with E-state index in [9.17, 15) is 14.2 Å². The molecular weight excluding hydrogens is 419 g/mol. The molecule has 8 nitrogen and oxygen atoms in total. The highest BCUT2D eigenvalue weighted by Crippen LogP contribution is 2.60. The summed E-state index contributed by atoms with van der Waals surface area (Å²) in [5.74, 6) is -0.995. The van der Waals surface area contributed by atoms with Crippen molar-refractivity contribution in [1.82, 2.24) is 10.2 Å². The van der Waals surface area contributed by atoms with Crippen LogP contribution in [0.1, 0.15) is 15.9 Å². The molecule has 9 heteroatoms. The third-order valence-corrected chi connectivity index (χ3v) is 6.82. The van der Waals surface area contributed by atoms with E-state index >= 15 is 0 Å². The number of amides is 2. The molecule has 1 aliphatic heterocycles. The van der Waals surface area contributed by atoms with E-state index < -0.39 is 19.4 Å². The van der Waals surface area contributed by atoms with Gasteiger partial charge in [-0.25, -0.2) is 0 Å². The van der Waals surface area contributed by atoms with Crippen molar-refractivity contribution in [3.05, 3.63) is 77.5 Å². The fourth-order valence-corrected chi connectivity index (χ4v) is 4.61. The standard InChI is InChI=1S/C22H25N2O6P/c1-28-31(27,29-2)20(17-9-5-3-6-10-17)19(22(26)24-13-15-30-16-14-24)23-21(25)18-11-7-4-8-12-18/h3-12H,13-16H2,1-2H3,(H,23,25). The van der Waals surface area contributed by atoms with Crippen LogP contribution in [0.3, 0.4) is 0 Å². The van der Waals surface area contributed by atoms with Crippen molar-refractivity contribution < 1.29 is 27.9 Å². The Morgan fingerprint density at radius 3 is 1.94 bits per heavy atom. The van der Waals surface area contributed by atoms with Crippen molar-refractivity contribution in [2.75, 3.05) is 40.5 Å². The number of nitrogens with zero attached hydrogens (tertiary/aromatic N) is 1. The average molecular weight is 444 g/mol. The number of hydrogen-bond donors (Lipinski definition) is 1. The fourth-order valence-electron chi connectivity index (χ4n) is 3.21. The van der Waals surface area contributed by atoms with Crippen molar-refractivity contribution in [3.63, 3.8) is 0 Å². The molecule has 1 heterocycles. The van der Waals surface area contributed by atoms with Gasteiger partial charge >= 0.3 is 7.60 Å². The van der Waals surface area contributed by atoms with Crippen LogP contribution >= 0.6 is 7.60 Å². The molecule has 1 N–H and O–H groups in total. The second-order valence-electron chi connectivity index (χ2n) is 6.68. The number of carbonyl (C=O) groups excluding carboxylic acids is 2. The number of hydrogen-bond acceptors (Lipinski definition) is 6. The molecule has 0 atom stereocenters. The van der Waals surface area contributed by atoms with Crippen molar-refractivity contribution in [3.8, 4) is 0 Å². The molecule has 0 unspecified atom stereocenters. The molecule has 2 amide bonds. The molecule has 2 aromatic rings. The van der Waals surface area contributed by atoms with E-state index in [0.717, 1.165) is 0 Å². The van der Waals surface area contributed by atoms with Gasteiger partial charge in [-0.1, -0.05) is 48.5 Å². The molecule has 0 aromatic heterocycles.